The summed E-state index contributed by atoms with van der Waals surface area (Å²) in [7, 11) is 3.82. The van der Waals surface area contributed by atoms with Crippen molar-refractivity contribution in [2.75, 3.05) is 19.0 Å². The fourth-order valence-corrected chi connectivity index (χ4v) is 1.89. The van der Waals surface area contributed by atoms with Crippen molar-refractivity contribution in [1.82, 2.24) is 15.3 Å². The third-order valence-corrected chi connectivity index (χ3v) is 3.17. The van der Waals surface area contributed by atoms with Crippen LogP contribution in [0.5, 0.6) is 0 Å². The van der Waals surface area contributed by atoms with E-state index >= 15 is 0 Å². The third-order valence-electron chi connectivity index (χ3n) is 3.17. The predicted molar refractivity (Wildman–Crippen MR) is 88.4 cm³/mol. The van der Waals surface area contributed by atoms with E-state index in [-0.39, 0.29) is 5.91 Å². The van der Waals surface area contributed by atoms with E-state index in [1.807, 2.05) is 62.3 Å². The lowest BCUT2D eigenvalue weighted by atomic mass is 10.1. The number of hydrogen-bond donors (Lipinski definition) is 1. The van der Waals surface area contributed by atoms with Gasteiger partial charge in [-0.2, -0.15) is 0 Å². The van der Waals surface area contributed by atoms with Gasteiger partial charge >= 0.3 is 0 Å². The lowest BCUT2D eigenvalue weighted by Gasteiger charge is -2.11. The molecule has 0 fully saturated rings. The summed E-state index contributed by atoms with van der Waals surface area (Å²) in [6, 6.07) is 9.73. The van der Waals surface area contributed by atoms with Gasteiger partial charge in [-0.1, -0.05) is 24.3 Å². The molecular weight excluding hydrogens is 276 g/mol. The summed E-state index contributed by atoms with van der Waals surface area (Å²) in [4.78, 5) is 22.3. The number of aromatic nitrogens is 2. The summed E-state index contributed by atoms with van der Waals surface area (Å²) in [5.41, 5.74) is 2.16. The molecule has 0 bridgehead atoms. The highest BCUT2D eigenvalue weighted by atomic mass is 16.1. The van der Waals surface area contributed by atoms with E-state index in [1.54, 1.807) is 6.20 Å². The van der Waals surface area contributed by atoms with Gasteiger partial charge in [0, 0.05) is 26.4 Å². The molecular formula is C17H20N4O. The number of amides is 1. The Bertz CT molecular complexity index is 680. The SMILES string of the molecule is Cc1ccccc1/C=C/C(=O)NCc1nccc(N(C)C)n1. The van der Waals surface area contributed by atoms with E-state index in [2.05, 4.69) is 15.3 Å². The Morgan fingerprint density at radius 1 is 1.27 bits per heavy atom. The van der Waals surface area contributed by atoms with Crippen molar-refractivity contribution in [2.45, 2.75) is 13.5 Å². The molecule has 0 aliphatic heterocycles. The standard InChI is InChI=1S/C17H20N4O/c1-13-6-4-5-7-14(13)8-9-17(22)19-12-15-18-11-10-16(20-15)21(2)3/h4-11H,12H2,1-3H3,(H,19,22)/b9-8+. The van der Waals surface area contributed by atoms with Crippen LogP contribution in [0.25, 0.3) is 6.08 Å². The average Bonchev–Trinajstić information content (AvgIpc) is 2.52. The summed E-state index contributed by atoms with van der Waals surface area (Å²) in [5.74, 6) is 1.24. The molecule has 22 heavy (non-hydrogen) atoms. The maximum absolute atomic E-state index is 11.9. The second-order valence-corrected chi connectivity index (χ2v) is 5.13. The molecule has 2 aromatic rings. The first-order chi connectivity index (χ1) is 10.6. The van der Waals surface area contributed by atoms with Crippen molar-refractivity contribution in [1.29, 1.82) is 0 Å². The van der Waals surface area contributed by atoms with Crippen LogP contribution in [0.2, 0.25) is 0 Å². The van der Waals surface area contributed by atoms with Crippen molar-refractivity contribution in [3.05, 3.63) is 59.6 Å². The fourth-order valence-electron chi connectivity index (χ4n) is 1.89. The van der Waals surface area contributed by atoms with E-state index in [4.69, 9.17) is 0 Å². The van der Waals surface area contributed by atoms with Crippen LogP contribution in [0.15, 0.2) is 42.6 Å². The summed E-state index contributed by atoms with van der Waals surface area (Å²) >= 11 is 0. The van der Waals surface area contributed by atoms with Crippen LogP contribution in [-0.2, 0) is 11.3 Å². The maximum Gasteiger partial charge on any atom is 0.244 e. The number of carbonyl (C=O) groups is 1. The molecule has 0 unspecified atom stereocenters. The van der Waals surface area contributed by atoms with Crippen molar-refractivity contribution in [2.24, 2.45) is 0 Å². The van der Waals surface area contributed by atoms with Crippen molar-refractivity contribution in [3.8, 4) is 0 Å². The molecule has 0 aliphatic carbocycles. The molecule has 5 nitrogen and oxygen atoms in total. The third kappa shape index (κ3) is 4.41. The molecule has 1 aromatic carbocycles. The average molecular weight is 296 g/mol. The van der Waals surface area contributed by atoms with Crippen LogP contribution >= 0.6 is 0 Å². The zero-order chi connectivity index (χ0) is 15.9. The van der Waals surface area contributed by atoms with Crippen LogP contribution in [-0.4, -0.2) is 30.0 Å². The van der Waals surface area contributed by atoms with Gasteiger partial charge in [0.1, 0.15) is 11.6 Å². The number of carbonyl (C=O) groups excluding carboxylic acids is 1. The predicted octanol–water partition coefficient (Wildman–Crippen LogP) is 2.18. The summed E-state index contributed by atoms with van der Waals surface area (Å²) in [6.07, 6.45) is 5.02. The first kappa shape index (κ1) is 15.7. The monoisotopic (exact) mass is 296 g/mol. The van der Waals surface area contributed by atoms with Crippen LogP contribution < -0.4 is 10.2 Å². The minimum atomic E-state index is -0.165. The molecule has 0 spiro atoms. The van der Waals surface area contributed by atoms with Crippen molar-refractivity contribution < 1.29 is 4.79 Å². The highest BCUT2D eigenvalue weighted by Crippen LogP contribution is 2.08. The molecule has 5 heteroatoms. The molecule has 0 aliphatic rings. The lowest BCUT2D eigenvalue weighted by molar-refractivity contribution is -0.116. The van der Waals surface area contributed by atoms with Gasteiger partial charge < -0.3 is 10.2 Å². The van der Waals surface area contributed by atoms with Gasteiger partial charge in [0.15, 0.2) is 0 Å². The van der Waals surface area contributed by atoms with Gasteiger partial charge in [-0.25, -0.2) is 9.97 Å². The van der Waals surface area contributed by atoms with E-state index in [1.165, 1.54) is 6.08 Å². The highest BCUT2D eigenvalue weighted by Gasteiger charge is 2.02. The second kappa shape index (κ2) is 7.36. The first-order valence-corrected chi connectivity index (χ1v) is 7.07. The van der Waals surface area contributed by atoms with Gasteiger partial charge in [-0.15, -0.1) is 0 Å². The second-order valence-electron chi connectivity index (χ2n) is 5.13. The smallest absolute Gasteiger partial charge is 0.244 e. The Morgan fingerprint density at radius 2 is 2.05 bits per heavy atom. The molecule has 114 valence electrons. The number of rotatable bonds is 5. The Kier molecular flexibility index (Phi) is 5.25. The Hall–Kier alpha value is -2.69. The first-order valence-electron chi connectivity index (χ1n) is 7.07. The fraction of sp³-hybridized carbons (Fsp3) is 0.235. The number of benzene rings is 1. The summed E-state index contributed by atoms with van der Waals surface area (Å²) in [6.45, 7) is 2.32. The molecule has 0 saturated carbocycles. The molecule has 1 amide bonds. The van der Waals surface area contributed by atoms with Crippen LogP contribution in [0.4, 0.5) is 5.82 Å². The number of nitrogens with zero attached hydrogens (tertiary/aromatic N) is 3. The van der Waals surface area contributed by atoms with E-state index in [0.717, 1.165) is 16.9 Å². The minimum absolute atomic E-state index is 0.165. The summed E-state index contributed by atoms with van der Waals surface area (Å²) < 4.78 is 0. The summed E-state index contributed by atoms with van der Waals surface area (Å²) in [5, 5.41) is 2.79. The normalized spacial score (nSPS) is 10.7. The molecule has 1 heterocycles. The Morgan fingerprint density at radius 3 is 2.77 bits per heavy atom. The van der Waals surface area contributed by atoms with E-state index in [9.17, 15) is 4.79 Å². The number of nitrogens with one attached hydrogen (secondary N) is 1. The van der Waals surface area contributed by atoms with Gasteiger partial charge in [-0.05, 0) is 30.2 Å². The molecule has 1 N–H and O–H groups in total. The number of anilines is 1. The molecule has 0 atom stereocenters. The van der Waals surface area contributed by atoms with Gasteiger partial charge in [0.05, 0.1) is 6.54 Å². The Balaban J connectivity index is 1.93. The van der Waals surface area contributed by atoms with Crippen LogP contribution in [0.1, 0.15) is 17.0 Å². The molecule has 1 aromatic heterocycles. The quantitative estimate of drug-likeness (QED) is 0.859. The van der Waals surface area contributed by atoms with Gasteiger partial charge in [-0.3, -0.25) is 4.79 Å². The maximum atomic E-state index is 11.9. The largest absolute Gasteiger partial charge is 0.363 e. The number of aryl methyl sites for hydroxylation is 1. The lowest BCUT2D eigenvalue weighted by Crippen LogP contribution is -2.22. The zero-order valence-corrected chi connectivity index (χ0v) is 13.1. The zero-order valence-electron chi connectivity index (χ0n) is 13.1. The van der Waals surface area contributed by atoms with Crippen molar-refractivity contribution >= 4 is 17.8 Å². The van der Waals surface area contributed by atoms with Crippen LogP contribution in [0.3, 0.4) is 0 Å². The van der Waals surface area contributed by atoms with Crippen LogP contribution in [0, 0.1) is 6.92 Å². The van der Waals surface area contributed by atoms with E-state index < -0.39 is 0 Å². The van der Waals surface area contributed by atoms with Crippen molar-refractivity contribution in [3.63, 3.8) is 0 Å². The van der Waals surface area contributed by atoms with Gasteiger partial charge in [0.2, 0.25) is 5.91 Å². The number of hydrogen-bond acceptors (Lipinski definition) is 4. The molecule has 2 rings (SSSR count). The highest BCUT2D eigenvalue weighted by molar-refractivity contribution is 5.91. The topological polar surface area (TPSA) is 58.1 Å². The molecule has 0 saturated heterocycles. The Labute approximate surface area is 130 Å². The van der Waals surface area contributed by atoms with Gasteiger partial charge in [0.25, 0.3) is 0 Å². The minimum Gasteiger partial charge on any atom is -0.363 e. The van der Waals surface area contributed by atoms with E-state index in [0.29, 0.717) is 12.4 Å². The molecule has 0 radical (unpaired) electrons.